The van der Waals surface area contributed by atoms with Gasteiger partial charge < -0.3 is 4.74 Å². The minimum absolute atomic E-state index is 0.206. The topological polar surface area (TPSA) is 43.4 Å². The third kappa shape index (κ3) is 3.93. The van der Waals surface area contributed by atoms with Crippen molar-refractivity contribution in [3.63, 3.8) is 0 Å². The van der Waals surface area contributed by atoms with Gasteiger partial charge in [-0.25, -0.2) is 0 Å². The number of allylic oxidation sites excluding steroid dienone is 2. The Hall–Kier alpha value is -0.900. The average molecular weight is 289 g/mol. The van der Waals surface area contributed by atoms with Crippen molar-refractivity contribution in [2.24, 2.45) is 0 Å². The first-order valence-corrected chi connectivity index (χ1v) is 5.73. The Morgan fingerprint density at radius 2 is 2.00 bits per heavy atom. The van der Waals surface area contributed by atoms with E-state index >= 15 is 0 Å². The molecule has 0 heterocycles. The lowest BCUT2D eigenvalue weighted by Crippen LogP contribution is -2.41. The second-order valence-electron chi connectivity index (χ2n) is 3.67. The van der Waals surface area contributed by atoms with Crippen molar-refractivity contribution in [2.45, 2.75) is 30.5 Å². The number of carbonyl (C=O) groups excluding carboxylic acids is 2. The maximum atomic E-state index is 11.9. The standard InChI is InChI=1S/C12H17BrO3/c1-5-8-12(13,11(15)16-4)10(14)7-6-9(2)3/h5H,1-2,6-8H2,3-4H3. The maximum absolute atomic E-state index is 11.9. The molecule has 0 aliphatic carbocycles. The molecule has 0 radical (unpaired) electrons. The van der Waals surface area contributed by atoms with Crippen LogP contribution in [0, 0.1) is 0 Å². The highest BCUT2D eigenvalue weighted by Gasteiger charge is 2.42. The summed E-state index contributed by atoms with van der Waals surface area (Å²) in [5.41, 5.74) is 0.909. The summed E-state index contributed by atoms with van der Waals surface area (Å²) in [4.78, 5) is 23.5. The molecule has 0 N–H and O–H groups in total. The fraction of sp³-hybridized carbons (Fsp3) is 0.500. The van der Waals surface area contributed by atoms with E-state index in [1.165, 1.54) is 13.2 Å². The van der Waals surface area contributed by atoms with Gasteiger partial charge in [-0.15, -0.1) is 13.2 Å². The third-order valence-corrected chi connectivity index (χ3v) is 3.25. The number of esters is 1. The largest absolute Gasteiger partial charge is 0.468 e. The van der Waals surface area contributed by atoms with Crippen LogP contribution in [0.1, 0.15) is 26.2 Å². The van der Waals surface area contributed by atoms with E-state index in [1.54, 1.807) is 0 Å². The molecule has 3 nitrogen and oxygen atoms in total. The first kappa shape index (κ1) is 15.1. The summed E-state index contributed by atoms with van der Waals surface area (Å²) < 4.78 is 3.33. The van der Waals surface area contributed by atoms with Crippen LogP contribution in [0.2, 0.25) is 0 Å². The molecule has 1 atom stereocenters. The van der Waals surface area contributed by atoms with Crippen LogP contribution >= 0.6 is 15.9 Å². The predicted octanol–water partition coefficient (Wildman–Crippen LogP) is 2.79. The lowest BCUT2D eigenvalue weighted by atomic mass is 9.95. The fourth-order valence-electron chi connectivity index (χ4n) is 1.20. The zero-order valence-corrected chi connectivity index (χ0v) is 11.3. The molecular weight excluding hydrogens is 272 g/mol. The summed E-state index contributed by atoms with van der Waals surface area (Å²) >= 11 is 3.16. The van der Waals surface area contributed by atoms with Gasteiger partial charge in [0.2, 0.25) is 0 Å². The van der Waals surface area contributed by atoms with Crippen molar-refractivity contribution in [2.75, 3.05) is 7.11 Å². The number of hydrogen-bond acceptors (Lipinski definition) is 3. The molecule has 0 aliphatic rings. The summed E-state index contributed by atoms with van der Waals surface area (Å²) in [6.07, 6.45) is 2.57. The van der Waals surface area contributed by atoms with Gasteiger partial charge in [0.25, 0.3) is 0 Å². The maximum Gasteiger partial charge on any atom is 0.330 e. The number of hydrogen-bond donors (Lipinski definition) is 0. The minimum atomic E-state index is -1.29. The van der Waals surface area contributed by atoms with Gasteiger partial charge in [0.1, 0.15) is 0 Å². The predicted molar refractivity (Wildman–Crippen MR) is 67.5 cm³/mol. The smallest absolute Gasteiger partial charge is 0.330 e. The zero-order chi connectivity index (χ0) is 12.8. The number of Topliss-reactive ketones (excluding diaryl/α,β-unsaturated/α-hetero) is 1. The van der Waals surface area contributed by atoms with Gasteiger partial charge in [-0.05, 0) is 19.8 Å². The van der Waals surface area contributed by atoms with Gasteiger partial charge in [-0.3, -0.25) is 9.59 Å². The molecule has 0 aromatic heterocycles. The molecule has 4 heteroatoms. The zero-order valence-electron chi connectivity index (χ0n) is 9.72. The van der Waals surface area contributed by atoms with Crippen LogP contribution in [0.25, 0.3) is 0 Å². The quantitative estimate of drug-likeness (QED) is 0.313. The number of rotatable bonds is 7. The molecular formula is C12H17BrO3. The van der Waals surface area contributed by atoms with Crippen molar-refractivity contribution in [1.82, 2.24) is 0 Å². The third-order valence-electron chi connectivity index (χ3n) is 2.16. The highest BCUT2D eigenvalue weighted by Crippen LogP contribution is 2.28. The van der Waals surface area contributed by atoms with Crippen LogP contribution in [-0.4, -0.2) is 23.2 Å². The fourth-order valence-corrected chi connectivity index (χ4v) is 1.79. The van der Waals surface area contributed by atoms with Crippen LogP contribution in [-0.2, 0) is 14.3 Å². The summed E-state index contributed by atoms with van der Waals surface area (Å²) in [6.45, 7) is 9.09. The minimum Gasteiger partial charge on any atom is -0.468 e. The lowest BCUT2D eigenvalue weighted by Gasteiger charge is -2.21. The van der Waals surface area contributed by atoms with Crippen molar-refractivity contribution < 1.29 is 14.3 Å². The molecule has 0 rings (SSSR count). The Bertz CT molecular complexity index is 309. The van der Waals surface area contributed by atoms with Crippen LogP contribution in [0.5, 0.6) is 0 Å². The lowest BCUT2D eigenvalue weighted by molar-refractivity contribution is -0.146. The van der Waals surface area contributed by atoms with Gasteiger partial charge in [0.15, 0.2) is 10.1 Å². The van der Waals surface area contributed by atoms with E-state index in [9.17, 15) is 9.59 Å². The average Bonchev–Trinajstić information content (AvgIpc) is 2.24. The van der Waals surface area contributed by atoms with Gasteiger partial charge >= 0.3 is 5.97 Å². The molecule has 0 fully saturated rings. The summed E-state index contributed by atoms with van der Waals surface area (Å²) in [7, 11) is 1.26. The first-order chi connectivity index (χ1) is 7.38. The molecule has 16 heavy (non-hydrogen) atoms. The molecule has 0 amide bonds. The molecule has 0 bridgehead atoms. The van der Waals surface area contributed by atoms with E-state index in [0.717, 1.165) is 5.57 Å². The van der Waals surface area contributed by atoms with Gasteiger partial charge in [0, 0.05) is 6.42 Å². The monoisotopic (exact) mass is 288 g/mol. The Morgan fingerprint density at radius 1 is 1.44 bits per heavy atom. The molecule has 0 aromatic rings. The first-order valence-electron chi connectivity index (χ1n) is 4.94. The van der Waals surface area contributed by atoms with E-state index in [0.29, 0.717) is 6.42 Å². The van der Waals surface area contributed by atoms with Crippen molar-refractivity contribution in [3.05, 3.63) is 24.8 Å². The van der Waals surface area contributed by atoms with E-state index in [1.807, 2.05) is 6.92 Å². The van der Waals surface area contributed by atoms with E-state index < -0.39 is 10.3 Å². The molecule has 90 valence electrons. The number of carbonyl (C=O) groups is 2. The number of halogens is 1. The molecule has 0 spiro atoms. The van der Waals surface area contributed by atoms with E-state index in [2.05, 4.69) is 33.8 Å². The van der Waals surface area contributed by atoms with Gasteiger partial charge in [0.05, 0.1) is 7.11 Å². The van der Waals surface area contributed by atoms with E-state index in [-0.39, 0.29) is 18.6 Å². The summed E-state index contributed by atoms with van der Waals surface area (Å²) in [5, 5.41) is 0. The van der Waals surface area contributed by atoms with Crippen molar-refractivity contribution in [1.29, 1.82) is 0 Å². The van der Waals surface area contributed by atoms with Crippen LogP contribution in [0.15, 0.2) is 24.8 Å². The number of alkyl halides is 1. The highest BCUT2D eigenvalue weighted by molar-refractivity contribution is 9.10. The SMILES string of the molecule is C=CCC(Br)(C(=O)CCC(=C)C)C(=O)OC. The molecule has 1 unspecified atom stereocenters. The van der Waals surface area contributed by atoms with E-state index in [4.69, 9.17) is 0 Å². The Balaban J connectivity index is 4.76. The molecule has 0 aromatic carbocycles. The second-order valence-corrected chi connectivity index (χ2v) is 5.02. The van der Waals surface area contributed by atoms with Crippen LogP contribution < -0.4 is 0 Å². The Kier molecular flexibility index (Phi) is 6.26. The molecule has 0 aliphatic heterocycles. The Labute approximate surface area is 105 Å². The highest BCUT2D eigenvalue weighted by atomic mass is 79.9. The molecule has 0 saturated heterocycles. The normalized spacial score (nSPS) is 13.7. The number of ketones is 1. The summed E-state index contributed by atoms with van der Waals surface area (Å²) in [6, 6.07) is 0. The van der Waals surface area contributed by atoms with Crippen LogP contribution in [0.4, 0.5) is 0 Å². The Morgan fingerprint density at radius 3 is 2.38 bits per heavy atom. The number of ether oxygens (including phenoxy) is 1. The van der Waals surface area contributed by atoms with Crippen molar-refractivity contribution in [3.8, 4) is 0 Å². The van der Waals surface area contributed by atoms with Crippen molar-refractivity contribution >= 4 is 27.7 Å². The summed E-state index contributed by atoms with van der Waals surface area (Å²) in [5.74, 6) is -0.790. The van der Waals surface area contributed by atoms with Gasteiger partial charge in [-0.2, -0.15) is 0 Å². The number of methoxy groups -OCH3 is 1. The second kappa shape index (κ2) is 6.63. The molecule has 0 saturated carbocycles. The van der Waals surface area contributed by atoms with Crippen LogP contribution in [0.3, 0.4) is 0 Å². The van der Waals surface area contributed by atoms with Gasteiger partial charge in [-0.1, -0.05) is 27.6 Å².